The van der Waals surface area contributed by atoms with Gasteiger partial charge >= 0.3 is 6.01 Å². The Kier molecular flexibility index (Phi) is 6.43. The molecule has 118 valence electrons. The van der Waals surface area contributed by atoms with Crippen molar-refractivity contribution < 1.29 is 4.74 Å². The molecule has 1 aromatic heterocycles. The normalized spacial score (nSPS) is 16.0. The third-order valence-corrected chi connectivity index (χ3v) is 4.21. The van der Waals surface area contributed by atoms with Gasteiger partial charge in [-0.2, -0.15) is 0 Å². The van der Waals surface area contributed by atoms with Crippen LogP contribution in [0.2, 0.25) is 0 Å². The fourth-order valence-electron chi connectivity index (χ4n) is 2.35. The maximum atomic E-state index is 5.79. The third-order valence-electron chi connectivity index (χ3n) is 4.21. The Morgan fingerprint density at radius 3 is 2.81 bits per heavy atom. The van der Waals surface area contributed by atoms with Crippen molar-refractivity contribution in [1.82, 2.24) is 15.3 Å². The number of hydrogen-bond donors (Lipinski definition) is 1. The molecule has 0 bridgehead atoms. The van der Waals surface area contributed by atoms with E-state index in [9.17, 15) is 0 Å². The van der Waals surface area contributed by atoms with E-state index in [-0.39, 0.29) is 0 Å². The van der Waals surface area contributed by atoms with Gasteiger partial charge in [-0.3, -0.25) is 0 Å². The number of ether oxygens (including phenoxy) is 1. The van der Waals surface area contributed by atoms with Gasteiger partial charge in [0.05, 0.1) is 6.61 Å². The molecule has 4 heteroatoms. The van der Waals surface area contributed by atoms with E-state index in [1.807, 2.05) is 13.1 Å². The van der Waals surface area contributed by atoms with Gasteiger partial charge in [0.2, 0.25) is 0 Å². The van der Waals surface area contributed by atoms with E-state index in [4.69, 9.17) is 4.74 Å². The van der Waals surface area contributed by atoms with Gasteiger partial charge in [-0.1, -0.05) is 33.1 Å². The van der Waals surface area contributed by atoms with Crippen LogP contribution in [-0.4, -0.2) is 22.6 Å². The molecule has 1 heterocycles. The van der Waals surface area contributed by atoms with Gasteiger partial charge in [0.25, 0.3) is 0 Å². The molecule has 21 heavy (non-hydrogen) atoms. The largest absolute Gasteiger partial charge is 0.463 e. The lowest BCUT2D eigenvalue weighted by atomic mass is 10.0. The second-order valence-electron chi connectivity index (χ2n) is 6.15. The molecule has 1 N–H and O–H groups in total. The molecule has 0 saturated heterocycles. The zero-order valence-corrected chi connectivity index (χ0v) is 13.7. The van der Waals surface area contributed by atoms with Crippen molar-refractivity contribution in [3.63, 3.8) is 0 Å². The summed E-state index contributed by atoms with van der Waals surface area (Å²) in [5.41, 5.74) is 2.20. The number of nitrogens with one attached hydrogen (secondary N) is 1. The Hall–Kier alpha value is -1.16. The van der Waals surface area contributed by atoms with Crippen molar-refractivity contribution in [3.05, 3.63) is 17.5 Å². The van der Waals surface area contributed by atoms with Crippen molar-refractivity contribution in [2.45, 2.75) is 71.9 Å². The molecule has 1 atom stereocenters. The Morgan fingerprint density at radius 1 is 1.38 bits per heavy atom. The molecule has 1 aliphatic rings. The highest BCUT2D eigenvalue weighted by atomic mass is 16.5. The summed E-state index contributed by atoms with van der Waals surface area (Å²) in [5.74, 6) is 0.616. The van der Waals surface area contributed by atoms with Gasteiger partial charge in [-0.15, -0.1) is 0 Å². The molecule has 2 rings (SSSR count). The minimum atomic E-state index is 0.526. The number of aryl methyl sites for hydroxylation is 1. The highest BCUT2D eigenvalue weighted by Crippen LogP contribution is 2.20. The topological polar surface area (TPSA) is 47.0 Å². The quantitative estimate of drug-likeness (QED) is 0.715. The second-order valence-corrected chi connectivity index (χ2v) is 6.15. The lowest BCUT2D eigenvalue weighted by Gasteiger charge is -2.15. The molecule has 4 nitrogen and oxygen atoms in total. The number of rotatable bonds is 10. The van der Waals surface area contributed by atoms with Crippen molar-refractivity contribution >= 4 is 0 Å². The van der Waals surface area contributed by atoms with E-state index in [0.29, 0.717) is 18.0 Å². The molecule has 0 spiro atoms. The molecule has 1 saturated carbocycles. The first-order valence-electron chi connectivity index (χ1n) is 8.41. The summed E-state index contributed by atoms with van der Waals surface area (Å²) in [6, 6.07) is 1.24. The first-order valence-corrected chi connectivity index (χ1v) is 8.41. The number of aromatic nitrogens is 2. The van der Waals surface area contributed by atoms with Crippen molar-refractivity contribution in [1.29, 1.82) is 0 Å². The van der Waals surface area contributed by atoms with Crippen LogP contribution in [-0.2, 0) is 6.54 Å². The lowest BCUT2D eigenvalue weighted by Crippen LogP contribution is -2.17. The Balaban J connectivity index is 1.80. The summed E-state index contributed by atoms with van der Waals surface area (Å²) < 4.78 is 5.79. The lowest BCUT2D eigenvalue weighted by molar-refractivity contribution is 0.217. The summed E-state index contributed by atoms with van der Waals surface area (Å²) in [6.45, 7) is 8.09. The van der Waals surface area contributed by atoms with Crippen LogP contribution in [0.15, 0.2) is 6.20 Å². The molecule has 0 aliphatic heterocycles. The first-order chi connectivity index (χ1) is 10.2. The van der Waals surface area contributed by atoms with Crippen LogP contribution in [0.3, 0.4) is 0 Å². The summed E-state index contributed by atoms with van der Waals surface area (Å²) in [4.78, 5) is 8.84. The van der Waals surface area contributed by atoms with Crippen LogP contribution >= 0.6 is 0 Å². The van der Waals surface area contributed by atoms with E-state index >= 15 is 0 Å². The van der Waals surface area contributed by atoms with E-state index in [0.717, 1.165) is 25.3 Å². The molecule has 0 amide bonds. The van der Waals surface area contributed by atoms with Gasteiger partial charge in [0, 0.05) is 30.0 Å². The molecule has 1 aromatic rings. The number of hydrogen-bond acceptors (Lipinski definition) is 4. The monoisotopic (exact) mass is 291 g/mol. The SMILES string of the molecule is CCCCC(CC)COc1ncc(CNC2CC2)c(C)n1. The maximum Gasteiger partial charge on any atom is 0.316 e. The van der Waals surface area contributed by atoms with E-state index < -0.39 is 0 Å². The summed E-state index contributed by atoms with van der Waals surface area (Å²) in [6.07, 6.45) is 9.41. The van der Waals surface area contributed by atoms with Crippen LogP contribution < -0.4 is 10.1 Å². The van der Waals surface area contributed by atoms with Crippen LogP contribution in [0.1, 0.15) is 63.6 Å². The molecular weight excluding hydrogens is 262 g/mol. The molecular formula is C17H29N3O. The summed E-state index contributed by atoms with van der Waals surface area (Å²) in [5, 5.41) is 3.49. The van der Waals surface area contributed by atoms with Crippen LogP contribution in [0.5, 0.6) is 6.01 Å². The van der Waals surface area contributed by atoms with Gasteiger partial charge in [-0.05, 0) is 32.1 Å². The smallest absolute Gasteiger partial charge is 0.316 e. The van der Waals surface area contributed by atoms with Crippen LogP contribution in [0.4, 0.5) is 0 Å². The number of nitrogens with zero attached hydrogens (tertiary/aromatic N) is 2. The minimum absolute atomic E-state index is 0.526. The van der Waals surface area contributed by atoms with Crippen molar-refractivity contribution in [2.75, 3.05) is 6.61 Å². The zero-order chi connectivity index (χ0) is 15.1. The fraction of sp³-hybridized carbons (Fsp3) is 0.765. The van der Waals surface area contributed by atoms with E-state index in [2.05, 4.69) is 29.1 Å². The molecule has 0 radical (unpaired) electrons. The average molecular weight is 291 g/mol. The van der Waals surface area contributed by atoms with E-state index in [1.54, 1.807) is 0 Å². The van der Waals surface area contributed by atoms with Gasteiger partial charge in [0.15, 0.2) is 0 Å². The standard InChI is InChI=1S/C17H29N3O/c1-4-6-7-14(5-2)12-21-17-19-11-15(13(3)20-17)10-18-16-8-9-16/h11,14,16,18H,4-10,12H2,1-3H3. The van der Waals surface area contributed by atoms with Crippen molar-refractivity contribution in [2.24, 2.45) is 5.92 Å². The molecule has 1 fully saturated rings. The maximum absolute atomic E-state index is 5.79. The van der Waals surface area contributed by atoms with Crippen molar-refractivity contribution in [3.8, 4) is 6.01 Å². The predicted octanol–water partition coefficient (Wildman–Crippen LogP) is 3.63. The Labute approximate surface area is 128 Å². The summed E-state index contributed by atoms with van der Waals surface area (Å²) >= 11 is 0. The minimum Gasteiger partial charge on any atom is -0.463 e. The summed E-state index contributed by atoms with van der Waals surface area (Å²) in [7, 11) is 0. The highest BCUT2D eigenvalue weighted by molar-refractivity contribution is 5.18. The molecule has 1 unspecified atom stereocenters. The average Bonchev–Trinajstić information content (AvgIpc) is 3.31. The van der Waals surface area contributed by atoms with Gasteiger partial charge in [-0.25, -0.2) is 9.97 Å². The van der Waals surface area contributed by atoms with Gasteiger partial charge in [0.1, 0.15) is 0 Å². The Bertz CT molecular complexity index is 432. The van der Waals surface area contributed by atoms with Crippen LogP contribution in [0, 0.1) is 12.8 Å². The zero-order valence-electron chi connectivity index (χ0n) is 13.7. The predicted molar refractivity (Wildman–Crippen MR) is 85.4 cm³/mol. The number of unbranched alkanes of at least 4 members (excludes halogenated alkanes) is 1. The fourth-order valence-corrected chi connectivity index (χ4v) is 2.35. The van der Waals surface area contributed by atoms with Gasteiger partial charge < -0.3 is 10.1 Å². The third kappa shape index (κ3) is 5.62. The van der Waals surface area contributed by atoms with E-state index in [1.165, 1.54) is 37.7 Å². The highest BCUT2D eigenvalue weighted by Gasteiger charge is 2.20. The Morgan fingerprint density at radius 2 is 2.19 bits per heavy atom. The van der Waals surface area contributed by atoms with Crippen LogP contribution in [0.25, 0.3) is 0 Å². The second kappa shape index (κ2) is 8.32. The first kappa shape index (κ1) is 16.2. The molecule has 0 aromatic carbocycles. The molecule has 1 aliphatic carbocycles.